The van der Waals surface area contributed by atoms with E-state index in [1.54, 1.807) is 30.3 Å². The minimum atomic E-state index is -3.77. The topological polar surface area (TPSA) is 94.2 Å². The average molecular weight is 362 g/mol. The fourth-order valence-electron chi connectivity index (χ4n) is 2.60. The first-order valence-corrected chi connectivity index (χ1v) is 8.98. The molecule has 0 spiro atoms. The highest BCUT2D eigenvalue weighted by Gasteiger charge is 2.24. The number of cyclic esters (lactones) is 1. The first kappa shape index (κ1) is 15.6. The molecule has 2 aliphatic rings. The molecular weight excluding hydrogens is 348 g/mol. The Morgan fingerprint density at radius 1 is 0.960 bits per heavy atom. The lowest BCUT2D eigenvalue weighted by Gasteiger charge is -2.14. The third-order valence-electron chi connectivity index (χ3n) is 3.85. The van der Waals surface area contributed by atoms with Gasteiger partial charge in [0.15, 0.2) is 11.5 Å². The Kier molecular flexibility index (Phi) is 3.65. The first-order valence-electron chi connectivity index (χ1n) is 7.50. The van der Waals surface area contributed by atoms with Gasteiger partial charge < -0.3 is 14.2 Å². The SMILES string of the molecule is O=C1OCCN1c1ccc(NS(=O)(=O)c2ccc3c(c2)OCO3)cc1. The predicted molar refractivity (Wildman–Crippen MR) is 88.5 cm³/mol. The van der Waals surface area contributed by atoms with Crippen LogP contribution in [-0.2, 0) is 14.8 Å². The van der Waals surface area contributed by atoms with Crippen LogP contribution in [0.25, 0.3) is 0 Å². The Hall–Kier alpha value is -2.94. The summed E-state index contributed by atoms with van der Waals surface area (Å²) in [5, 5.41) is 0. The minimum absolute atomic E-state index is 0.0731. The molecule has 0 unspecified atom stereocenters. The van der Waals surface area contributed by atoms with Gasteiger partial charge >= 0.3 is 6.09 Å². The molecular formula is C16H14N2O6S. The Balaban J connectivity index is 1.53. The molecule has 2 aliphatic heterocycles. The largest absolute Gasteiger partial charge is 0.454 e. The number of anilines is 2. The van der Waals surface area contributed by atoms with Crippen molar-refractivity contribution in [2.75, 3.05) is 29.6 Å². The van der Waals surface area contributed by atoms with Gasteiger partial charge in [0.25, 0.3) is 10.0 Å². The van der Waals surface area contributed by atoms with Crippen LogP contribution in [0.15, 0.2) is 47.4 Å². The number of carbonyl (C=O) groups excluding carboxylic acids is 1. The lowest BCUT2D eigenvalue weighted by Crippen LogP contribution is -2.23. The molecule has 1 saturated heterocycles. The molecule has 0 aliphatic carbocycles. The molecule has 0 saturated carbocycles. The molecule has 1 N–H and O–H groups in total. The quantitative estimate of drug-likeness (QED) is 0.896. The van der Waals surface area contributed by atoms with Gasteiger partial charge in [0, 0.05) is 17.4 Å². The molecule has 0 atom stereocenters. The van der Waals surface area contributed by atoms with Gasteiger partial charge in [-0.2, -0.15) is 0 Å². The van der Waals surface area contributed by atoms with Crippen LogP contribution in [0, 0.1) is 0 Å². The molecule has 4 rings (SSSR count). The van der Waals surface area contributed by atoms with Gasteiger partial charge in [-0.05, 0) is 36.4 Å². The van der Waals surface area contributed by atoms with Crippen LogP contribution in [0.5, 0.6) is 11.5 Å². The van der Waals surface area contributed by atoms with Crippen LogP contribution < -0.4 is 19.1 Å². The summed E-state index contributed by atoms with van der Waals surface area (Å²) in [7, 11) is -3.77. The minimum Gasteiger partial charge on any atom is -0.454 e. The fraction of sp³-hybridized carbons (Fsp3) is 0.188. The van der Waals surface area contributed by atoms with Crippen LogP contribution in [0.2, 0.25) is 0 Å². The number of amides is 1. The first-order chi connectivity index (χ1) is 12.0. The molecule has 130 valence electrons. The number of sulfonamides is 1. The number of nitrogens with one attached hydrogen (secondary N) is 1. The van der Waals surface area contributed by atoms with E-state index in [1.807, 2.05) is 0 Å². The molecule has 0 bridgehead atoms. The maximum atomic E-state index is 12.5. The van der Waals surface area contributed by atoms with Gasteiger partial charge in [0.2, 0.25) is 6.79 Å². The van der Waals surface area contributed by atoms with Crippen LogP contribution in [-0.4, -0.2) is 34.5 Å². The second kappa shape index (κ2) is 5.85. The highest BCUT2D eigenvalue weighted by atomic mass is 32.2. The summed E-state index contributed by atoms with van der Waals surface area (Å²) < 4.78 is 42.8. The smallest absolute Gasteiger partial charge is 0.414 e. The van der Waals surface area contributed by atoms with Crippen molar-refractivity contribution in [3.05, 3.63) is 42.5 Å². The van der Waals surface area contributed by atoms with Crippen molar-refractivity contribution in [1.82, 2.24) is 0 Å². The van der Waals surface area contributed by atoms with E-state index < -0.39 is 16.1 Å². The molecule has 8 nitrogen and oxygen atoms in total. The summed E-state index contributed by atoms with van der Waals surface area (Å²) in [5.41, 5.74) is 1.03. The van der Waals surface area contributed by atoms with Crippen molar-refractivity contribution < 1.29 is 27.4 Å². The summed E-state index contributed by atoms with van der Waals surface area (Å²) in [5.74, 6) is 0.909. The lowest BCUT2D eigenvalue weighted by molar-refractivity contribution is 0.174. The summed E-state index contributed by atoms with van der Waals surface area (Å²) in [6, 6.07) is 10.9. The van der Waals surface area contributed by atoms with Gasteiger partial charge in [-0.15, -0.1) is 0 Å². The number of ether oxygens (including phenoxy) is 3. The van der Waals surface area contributed by atoms with Gasteiger partial charge in [0.1, 0.15) is 6.61 Å². The number of rotatable bonds is 4. The Morgan fingerprint density at radius 2 is 1.72 bits per heavy atom. The molecule has 25 heavy (non-hydrogen) atoms. The molecule has 2 heterocycles. The fourth-order valence-corrected chi connectivity index (χ4v) is 3.67. The number of hydrogen-bond acceptors (Lipinski definition) is 6. The lowest BCUT2D eigenvalue weighted by atomic mass is 10.2. The summed E-state index contributed by atoms with van der Waals surface area (Å²) in [4.78, 5) is 13.1. The van der Waals surface area contributed by atoms with Crippen molar-refractivity contribution in [1.29, 1.82) is 0 Å². The second-order valence-corrected chi connectivity index (χ2v) is 7.12. The van der Waals surface area contributed by atoms with Gasteiger partial charge in [-0.25, -0.2) is 13.2 Å². The highest BCUT2D eigenvalue weighted by molar-refractivity contribution is 7.92. The van der Waals surface area contributed by atoms with Crippen molar-refractivity contribution in [3.8, 4) is 11.5 Å². The number of nitrogens with zero attached hydrogens (tertiary/aromatic N) is 1. The number of benzene rings is 2. The van der Waals surface area contributed by atoms with E-state index in [1.165, 1.54) is 17.0 Å². The van der Waals surface area contributed by atoms with E-state index in [4.69, 9.17) is 14.2 Å². The summed E-state index contributed by atoms with van der Waals surface area (Å²) in [6.45, 7) is 0.894. The van der Waals surface area contributed by atoms with Gasteiger partial charge in [-0.1, -0.05) is 0 Å². The van der Waals surface area contributed by atoms with E-state index in [0.717, 1.165) is 0 Å². The molecule has 0 radical (unpaired) electrons. The van der Waals surface area contributed by atoms with Crippen LogP contribution in [0.1, 0.15) is 0 Å². The highest BCUT2D eigenvalue weighted by Crippen LogP contribution is 2.34. The zero-order valence-corrected chi connectivity index (χ0v) is 13.8. The maximum Gasteiger partial charge on any atom is 0.414 e. The van der Waals surface area contributed by atoms with E-state index >= 15 is 0 Å². The summed E-state index contributed by atoms with van der Waals surface area (Å²) >= 11 is 0. The molecule has 1 fully saturated rings. The van der Waals surface area contributed by atoms with Crippen molar-refractivity contribution in [2.24, 2.45) is 0 Å². The van der Waals surface area contributed by atoms with E-state index in [9.17, 15) is 13.2 Å². The molecule has 0 aromatic heterocycles. The third-order valence-corrected chi connectivity index (χ3v) is 5.23. The Labute approximate surface area is 144 Å². The maximum absolute atomic E-state index is 12.5. The van der Waals surface area contributed by atoms with Crippen molar-refractivity contribution >= 4 is 27.5 Å². The Morgan fingerprint density at radius 3 is 2.44 bits per heavy atom. The molecule has 2 aromatic carbocycles. The van der Waals surface area contributed by atoms with Crippen LogP contribution in [0.4, 0.5) is 16.2 Å². The number of carbonyl (C=O) groups is 1. The zero-order valence-electron chi connectivity index (χ0n) is 13.0. The zero-order chi connectivity index (χ0) is 17.4. The van der Waals surface area contributed by atoms with Crippen LogP contribution in [0.3, 0.4) is 0 Å². The second-order valence-electron chi connectivity index (χ2n) is 5.43. The average Bonchev–Trinajstić information content (AvgIpc) is 3.23. The normalized spacial score (nSPS) is 16.0. The predicted octanol–water partition coefficient (Wildman–Crippen LogP) is 2.17. The van der Waals surface area contributed by atoms with Gasteiger partial charge in [-0.3, -0.25) is 9.62 Å². The third kappa shape index (κ3) is 2.93. The molecule has 9 heteroatoms. The van der Waals surface area contributed by atoms with E-state index in [0.29, 0.717) is 36.0 Å². The van der Waals surface area contributed by atoms with Crippen LogP contribution >= 0.6 is 0 Å². The number of fused-ring (bicyclic) bond motifs is 1. The van der Waals surface area contributed by atoms with E-state index in [2.05, 4.69) is 4.72 Å². The Bertz CT molecular complexity index is 926. The van der Waals surface area contributed by atoms with E-state index in [-0.39, 0.29) is 11.7 Å². The summed E-state index contributed by atoms with van der Waals surface area (Å²) in [6.07, 6.45) is -0.409. The monoisotopic (exact) mass is 362 g/mol. The molecule has 1 amide bonds. The standard InChI is InChI=1S/C16H14N2O6S/c19-16-18(7-8-22-16)12-3-1-11(2-4-12)17-25(20,21)13-5-6-14-15(9-13)24-10-23-14/h1-6,9,17H,7-8,10H2. The van der Waals surface area contributed by atoms with Crippen molar-refractivity contribution in [3.63, 3.8) is 0 Å². The number of hydrogen-bond donors (Lipinski definition) is 1. The molecule has 2 aromatic rings. The van der Waals surface area contributed by atoms with Crippen molar-refractivity contribution in [2.45, 2.75) is 4.90 Å². The van der Waals surface area contributed by atoms with Gasteiger partial charge in [0.05, 0.1) is 11.4 Å².